The van der Waals surface area contributed by atoms with Gasteiger partial charge < -0.3 is 9.84 Å². The Morgan fingerprint density at radius 1 is 1.86 bits per heavy atom. The zero-order valence-electron chi connectivity index (χ0n) is 3.89. The maximum atomic E-state index is 9.76. The zero-order chi connectivity index (χ0) is 5.70. The van der Waals surface area contributed by atoms with E-state index in [4.69, 9.17) is 5.11 Å². The lowest BCUT2D eigenvalue weighted by Crippen LogP contribution is -2.03. The van der Waals surface area contributed by atoms with Crippen LogP contribution in [0.15, 0.2) is 0 Å². The largest absolute Gasteiger partial charge is 0.463 e. The molecule has 3 heteroatoms. The second-order valence-corrected chi connectivity index (χ2v) is 0.944. The van der Waals surface area contributed by atoms with E-state index >= 15 is 0 Å². The minimum absolute atomic E-state index is 0.0440. The van der Waals surface area contributed by atoms with Crippen molar-refractivity contribution in [1.82, 2.24) is 0 Å². The monoisotopic (exact) mass is 103 g/mol. The molecule has 0 heterocycles. The van der Waals surface area contributed by atoms with Crippen LogP contribution in [0.1, 0.15) is 0 Å². The third-order valence-corrected chi connectivity index (χ3v) is 0.354. The second kappa shape index (κ2) is 3.61. The number of hydrogen-bond acceptors (Lipinski definition) is 3. The molecule has 0 aromatic heterocycles. The van der Waals surface area contributed by atoms with E-state index in [0.29, 0.717) is 0 Å². The highest BCUT2D eigenvalue weighted by Crippen LogP contribution is 1.70. The van der Waals surface area contributed by atoms with Gasteiger partial charge in [0.1, 0.15) is 6.61 Å². The van der Waals surface area contributed by atoms with Crippen LogP contribution in [0, 0.1) is 6.92 Å². The van der Waals surface area contributed by atoms with Gasteiger partial charge in [0, 0.05) is 0 Å². The number of carbonyl (C=O) groups excluding carboxylic acids is 1. The quantitative estimate of drug-likeness (QED) is 0.473. The lowest BCUT2D eigenvalue weighted by atomic mass is 10.7. The lowest BCUT2D eigenvalue weighted by Gasteiger charge is -1.93. The molecular weight excluding hydrogens is 96.0 g/mol. The van der Waals surface area contributed by atoms with E-state index in [1.807, 2.05) is 0 Å². The maximum Gasteiger partial charge on any atom is 0.306 e. The predicted octanol–water partition coefficient (Wildman–Crippen LogP) is -0.644. The highest BCUT2D eigenvalue weighted by molar-refractivity contribution is 5.73. The predicted molar refractivity (Wildman–Crippen MR) is 23.4 cm³/mol. The van der Waals surface area contributed by atoms with Crippen molar-refractivity contribution in [2.24, 2.45) is 0 Å². The van der Waals surface area contributed by atoms with Crippen molar-refractivity contribution in [3.8, 4) is 0 Å². The van der Waals surface area contributed by atoms with Crippen molar-refractivity contribution in [1.29, 1.82) is 0 Å². The fourth-order valence-corrected chi connectivity index (χ4v) is 0.159. The number of carbonyl (C=O) groups is 1. The van der Waals surface area contributed by atoms with Gasteiger partial charge in [-0.25, -0.2) is 0 Å². The van der Waals surface area contributed by atoms with E-state index < -0.39 is 5.97 Å². The van der Waals surface area contributed by atoms with E-state index in [1.54, 1.807) is 0 Å². The number of hydrogen-bond donors (Lipinski definition) is 1. The summed E-state index contributed by atoms with van der Waals surface area (Å²) >= 11 is 0. The third-order valence-electron chi connectivity index (χ3n) is 0.354. The van der Waals surface area contributed by atoms with Crippen LogP contribution in [-0.4, -0.2) is 24.3 Å². The first-order chi connectivity index (χ1) is 3.27. The standard InChI is InChI=1S/C4H7O3/c1-4(6)7-3-2-5/h5H,1-3H2. The van der Waals surface area contributed by atoms with Crippen molar-refractivity contribution >= 4 is 5.97 Å². The molecule has 0 atom stereocenters. The molecule has 7 heavy (non-hydrogen) atoms. The molecule has 0 aliphatic rings. The van der Waals surface area contributed by atoms with E-state index in [-0.39, 0.29) is 13.2 Å². The molecule has 1 N–H and O–H groups in total. The van der Waals surface area contributed by atoms with Crippen LogP contribution >= 0.6 is 0 Å². The van der Waals surface area contributed by atoms with Gasteiger partial charge in [-0.2, -0.15) is 0 Å². The fraction of sp³-hybridized carbons (Fsp3) is 0.500. The van der Waals surface area contributed by atoms with Crippen molar-refractivity contribution < 1.29 is 14.6 Å². The van der Waals surface area contributed by atoms with Crippen molar-refractivity contribution in [3.05, 3.63) is 6.92 Å². The van der Waals surface area contributed by atoms with Crippen LogP contribution < -0.4 is 0 Å². The summed E-state index contributed by atoms with van der Waals surface area (Å²) in [5.74, 6) is -0.603. The van der Waals surface area contributed by atoms with Crippen LogP contribution in [0.4, 0.5) is 0 Å². The Bertz CT molecular complexity index is 60.0. The van der Waals surface area contributed by atoms with E-state index in [0.717, 1.165) is 0 Å². The molecule has 1 radical (unpaired) electrons. The molecule has 0 aromatic carbocycles. The molecule has 3 nitrogen and oxygen atoms in total. The fourth-order valence-electron chi connectivity index (χ4n) is 0.159. The number of aliphatic hydroxyl groups excluding tert-OH is 1. The molecule has 0 aliphatic heterocycles. The Morgan fingerprint density at radius 3 is 2.57 bits per heavy atom. The highest BCUT2D eigenvalue weighted by Gasteiger charge is 1.86. The molecule has 0 bridgehead atoms. The van der Waals surface area contributed by atoms with Crippen LogP contribution in [0.3, 0.4) is 0 Å². The Kier molecular flexibility index (Phi) is 3.32. The third kappa shape index (κ3) is 5.43. The second-order valence-electron chi connectivity index (χ2n) is 0.944. The van der Waals surface area contributed by atoms with Crippen LogP contribution in [0.5, 0.6) is 0 Å². The molecule has 0 rings (SSSR count). The Morgan fingerprint density at radius 2 is 2.43 bits per heavy atom. The molecule has 0 unspecified atom stereocenters. The first kappa shape index (κ1) is 6.43. The van der Waals surface area contributed by atoms with E-state index in [2.05, 4.69) is 11.7 Å². The maximum absolute atomic E-state index is 9.76. The minimum Gasteiger partial charge on any atom is -0.463 e. The van der Waals surface area contributed by atoms with E-state index in [9.17, 15) is 4.79 Å². The van der Waals surface area contributed by atoms with Crippen LogP contribution in [0.25, 0.3) is 0 Å². The summed E-state index contributed by atoms with van der Waals surface area (Å²) in [6, 6.07) is 0. The van der Waals surface area contributed by atoms with Gasteiger partial charge >= 0.3 is 5.97 Å². The number of rotatable bonds is 2. The first-order valence-corrected chi connectivity index (χ1v) is 1.87. The summed E-state index contributed by atoms with van der Waals surface area (Å²) in [6.45, 7) is 2.81. The average molecular weight is 103 g/mol. The number of aliphatic hydroxyl groups is 1. The summed E-state index contributed by atoms with van der Waals surface area (Å²) in [5.41, 5.74) is 0. The number of esters is 1. The normalized spacial score (nSPS) is 8.29. The molecule has 0 spiro atoms. The summed E-state index contributed by atoms with van der Waals surface area (Å²) < 4.78 is 4.19. The van der Waals surface area contributed by atoms with Gasteiger partial charge in [-0.3, -0.25) is 4.79 Å². The van der Waals surface area contributed by atoms with Crippen molar-refractivity contribution in [2.45, 2.75) is 0 Å². The van der Waals surface area contributed by atoms with Gasteiger partial charge in [0.15, 0.2) is 0 Å². The average Bonchev–Trinajstić information content (AvgIpc) is 1.61. The SMILES string of the molecule is [CH2]C(=O)OCCO. The molecule has 41 valence electrons. The van der Waals surface area contributed by atoms with Gasteiger partial charge in [0.05, 0.1) is 13.5 Å². The van der Waals surface area contributed by atoms with Gasteiger partial charge in [-0.05, 0) is 0 Å². The Balaban J connectivity index is 2.82. The summed E-state index contributed by atoms with van der Waals surface area (Å²) in [6.07, 6.45) is 0. The van der Waals surface area contributed by atoms with Gasteiger partial charge in [-0.1, -0.05) is 0 Å². The van der Waals surface area contributed by atoms with E-state index in [1.165, 1.54) is 0 Å². The smallest absolute Gasteiger partial charge is 0.306 e. The topological polar surface area (TPSA) is 46.5 Å². The Hall–Kier alpha value is -0.570. The van der Waals surface area contributed by atoms with Crippen molar-refractivity contribution in [3.63, 3.8) is 0 Å². The molecule has 0 saturated heterocycles. The molecular formula is C4H7O3. The van der Waals surface area contributed by atoms with Crippen LogP contribution in [-0.2, 0) is 9.53 Å². The van der Waals surface area contributed by atoms with Crippen LogP contribution in [0.2, 0.25) is 0 Å². The summed E-state index contributed by atoms with van der Waals surface area (Å²) in [5, 5.41) is 8.01. The highest BCUT2D eigenvalue weighted by atomic mass is 16.5. The first-order valence-electron chi connectivity index (χ1n) is 1.87. The molecule has 0 amide bonds. The molecule has 0 saturated carbocycles. The zero-order valence-corrected chi connectivity index (χ0v) is 3.89. The molecule has 0 fully saturated rings. The van der Waals surface area contributed by atoms with Crippen molar-refractivity contribution in [2.75, 3.05) is 13.2 Å². The summed E-state index contributed by atoms with van der Waals surface area (Å²) in [4.78, 5) is 9.76. The Labute approximate surface area is 41.9 Å². The molecule has 0 aliphatic carbocycles. The lowest BCUT2D eigenvalue weighted by molar-refractivity contribution is -0.139. The van der Waals surface area contributed by atoms with Gasteiger partial charge in [-0.15, -0.1) is 0 Å². The summed E-state index contributed by atoms with van der Waals surface area (Å²) in [7, 11) is 0. The minimum atomic E-state index is -0.603. The van der Waals surface area contributed by atoms with Gasteiger partial charge in [0.2, 0.25) is 0 Å². The molecule has 0 aromatic rings. The number of ether oxygens (including phenoxy) is 1. The van der Waals surface area contributed by atoms with Gasteiger partial charge in [0.25, 0.3) is 0 Å².